The van der Waals surface area contributed by atoms with Gasteiger partial charge >= 0.3 is 0 Å². The van der Waals surface area contributed by atoms with Gasteiger partial charge in [0.25, 0.3) is 5.91 Å². The van der Waals surface area contributed by atoms with Crippen LogP contribution in [0.1, 0.15) is 16.3 Å². The molecule has 0 fully saturated rings. The zero-order valence-electron chi connectivity index (χ0n) is 13.6. The Labute approximate surface area is 158 Å². The number of aromatic nitrogens is 4. The zero-order valence-corrected chi connectivity index (χ0v) is 15.1. The van der Waals surface area contributed by atoms with E-state index in [1.807, 2.05) is 19.1 Å². The Bertz CT molecular complexity index is 1110. The summed E-state index contributed by atoms with van der Waals surface area (Å²) < 4.78 is 0. The van der Waals surface area contributed by atoms with E-state index in [1.54, 1.807) is 30.3 Å². The monoisotopic (exact) mass is 385 g/mol. The van der Waals surface area contributed by atoms with Gasteiger partial charge in [-0.25, -0.2) is 4.98 Å². The Morgan fingerprint density at radius 3 is 2.58 bits per heavy atom. The number of fused-ring (bicyclic) bond motifs is 1. The van der Waals surface area contributed by atoms with Gasteiger partial charge in [-0.2, -0.15) is 5.10 Å². The largest absolute Gasteiger partial charge is 0.349 e. The fourth-order valence-corrected chi connectivity index (χ4v) is 3.12. The van der Waals surface area contributed by atoms with Crippen LogP contribution in [-0.2, 0) is 0 Å². The Morgan fingerprint density at radius 2 is 1.88 bits per heavy atom. The lowest BCUT2D eigenvalue weighted by Crippen LogP contribution is -2.12. The molecule has 0 spiro atoms. The quantitative estimate of drug-likeness (QED) is 0.472. The standard InChI is InChI=1S/C18H13Cl2N5O/c1-9-21-17(25-24-9)10-2-5-12(6-3-10)22-18(26)16-15(20)13-8-11(19)4-7-14(13)23-16/h2-8,23H,1H3,(H,22,26)(H,21,24,25). The van der Waals surface area contributed by atoms with Crippen LogP contribution in [0.4, 0.5) is 5.69 Å². The highest BCUT2D eigenvalue weighted by Gasteiger charge is 2.17. The molecule has 6 nitrogen and oxygen atoms in total. The fraction of sp³-hybridized carbons (Fsp3) is 0.0556. The van der Waals surface area contributed by atoms with E-state index in [2.05, 4.69) is 25.5 Å². The van der Waals surface area contributed by atoms with Gasteiger partial charge in [-0.05, 0) is 49.4 Å². The van der Waals surface area contributed by atoms with E-state index in [-0.39, 0.29) is 11.6 Å². The molecular weight excluding hydrogens is 373 g/mol. The van der Waals surface area contributed by atoms with Gasteiger partial charge in [-0.15, -0.1) is 0 Å². The van der Waals surface area contributed by atoms with E-state index in [4.69, 9.17) is 23.2 Å². The van der Waals surface area contributed by atoms with Crippen LogP contribution in [0, 0.1) is 6.92 Å². The second-order valence-electron chi connectivity index (χ2n) is 5.78. The number of carbonyl (C=O) groups excluding carboxylic acids is 1. The third-order valence-electron chi connectivity index (χ3n) is 3.92. The highest BCUT2D eigenvalue weighted by atomic mass is 35.5. The number of amides is 1. The van der Waals surface area contributed by atoms with Crippen LogP contribution < -0.4 is 5.32 Å². The second kappa shape index (κ2) is 6.48. The number of H-pyrrole nitrogens is 2. The lowest BCUT2D eigenvalue weighted by Gasteiger charge is -2.05. The summed E-state index contributed by atoms with van der Waals surface area (Å²) in [5, 5.41) is 11.3. The molecule has 130 valence electrons. The predicted octanol–water partition coefficient (Wildman–Crippen LogP) is 4.82. The van der Waals surface area contributed by atoms with E-state index in [0.29, 0.717) is 26.9 Å². The van der Waals surface area contributed by atoms with Gasteiger partial charge in [-0.3, -0.25) is 9.89 Å². The number of nitrogens with zero attached hydrogens (tertiary/aromatic N) is 2. The molecule has 0 atom stereocenters. The van der Waals surface area contributed by atoms with Crippen molar-refractivity contribution in [3.8, 4) is 11.4 Å². The third kappa shape index (κ3) is 3.05. The van der Waals surface area contributed by atoms with Crippen molar-refractivity contribution in [2.75, 3.05) is 5.32 Å². The van der Waals surface area contributed by atoms with E-state index < -0.39 is 0 Å². The summed E-state index contributed by atoms with van der Waals surface area (Å²) in [6, 6.07) is 12.5. The Hall–Kier alpha value is -2.83. The number of aromatic amines is 2. The highest BCUT2D eigenvalue weighted by molar-refractivity contribution is 6.40. The highest BCUT2D eigenvalue weighted by Crippen LogP contribution is 2.30. The van der Waals surface area contributed by atoms with Crippen LogP contribution in [0.2, 0.25) is 10.0 Å². The van der Waals surface area contributed by atoms with E-state index in [1.165, 1.54) is 0 Å². The Morgan fingerprint density at radius 1 is 1.12 bits per heavy atom. The molecule has 0 aliphatic rings. The first-order chi connectivity index (χ1) is 12.5. The lowest BCUT2D eigenvalue weighted by molar-refractivity contribution is 0.102. The van der Waals surface area contributed by atoms with E-state index >= 15 is 0 Å². The molecule has 0 aliphatic heterocycles. The van der Waals surface area contributed by atoms with E-state index in [9.17, 15) is 4.79 Å². The minimum atomic E-state index is -0.330. The van der Waals surface area contributed by atoms with Crippen molar-refractivity contribution >= 4 is 45.7 Å². The molecule has 2 heterocycles. The molecule has 0 saturated heterocycles. The van der Waals surface area contributed by atoms with Crippen molar-refractivity contribution in [1.29, 1.82) is 0 Å². The topological polar surface area (TPSA) is 86.5 Å². The maximum absolute atomic E-state index is 12.6. The second-order valence-corrected chi connectivity index (χ2v) is 6.59. The van der Waals surface area contributed by atoms with E-state index in [0.717, 1.165) is 16.9 Å². The van der Waals surface area contributed by atoms with Gasteiger partial charge < -0.3 is 10.3 Å². The van der Waals surface area contributed by atoms with Gasteiger partial charge in [0.05, 0.1) is 5.02 Å². The average Bonchev–Trinajstić information content (AvgIpc) is 3.20. The fourth-order valence-electron chi connectivity index (χ4n) is 2.66. The zero-order chi connectivity index (χ0) is 18.3. The molecule has 8 heteroatoms. The molecule has 0 unspecified atom stereocenters. The van der Waals surface area contributed by atoms with Crippen LogP contribution in [0.25, 0.3) is 22.3 Å². The lowest BCUT2D eigenvalue weighted by atomic mass is 10.2. The van der Waals surface area contributed by atoms with Crippen molar-refractivity contribution in [2.24, 2.45) is 0 Å². The first-order valence-electron chi connectivity index (χ1n) is 7.79. The molecule has 3 N–H and O–H groups in total. The summed E-state index contributed by atoms with van der Waals surface area (Å²) in [4.78, 5) is 19.9. The number of hydrogen-bond acceptors (Lipinski definition) is 3. The molecule has 1 amide bonds. The number of carbonyl (C=O) groups is 1. The van der Waals surface area contributed by atoms with Crippen molar-refractivity contribution < 1.29 is 4.79 Å². The summed E-state index contributed by atoms with van der Waals surface area (Å²) in [7, 11) is 0. The van der Waals surface area contributed by atoms with Crippen LogP contribution in [0.15, 0.2) is 42.5 Å². The van der Waals surface area contributed by atoms with Crippen LogP contribution >= 0.6 is 23.2 Å². The van der Waals surface area contributed by atoms with Crippen molar-refractivity contribution in [3.63, 3.8) is 0 Å². The minimum Gasteiger partial charge on any atom is -0.349 e. The number of anilines is 1. The third-order valence-corrected chi connectivity index (χ3v) is 4.55. The maximum atomic E-state index is 12.6. The SMILES string of the molecule is Cc1nc(-c2ccc(NC(=O)c3[nH]c4ccc(Cl)cc4c3Cl)cc2)n[nH]1. The number of aryl methyl sites for hydroxylation is 1. The van der Waals surface area contributed by atoms with Gasteiger partial charge in [0, 0.05) is 27.2 Å². The number of rotatable bonds is 3. The van der Waals surface area contributed by atoms with Gasteiger partial charge in [-0.1, -0.05) is 23.2 Å². The van der Waals surface area contributed by atoms with Gasteiger partial charge in [0.2, 0.25) is 0 Å². The van der Waals surface area contributed by atoms with Crippen LogP contribution in [0.5, 0.6) is 0 Å². The van der Waals surface area contributed by atoms with Crippen LogP contribution in [-0.4, -0.2) is 26.1 Å². The number of halogens is 2. The Balaban J connectivity index is 1.57. The van der Waals surface area contributed by atoms with Crippen LogP contribution in [0.3, 0.4) is 0 Å². The number of hydrogen-bond donors (Lipinski definition) is 3. The maximum Gasteiger partial charge on any atom is 0.273 e. The van der Waals surface area contributed by atoms with Crippen molar-refractivity contribution in [1.82, 2.24) is 20.2 Å². The molecule has 2 aromatic carbocycles. The molecule has 0 radical (unpaired) electrons. The summed E-state index contributed by atoms with van der Waals surface area (Å²) in [5.41, 5.74) is 2.53. The molecule has 0 saturated carbocycles. The normalized spacial score (nSPS) is 11.0. The predicted molar refractivity (Wildman–Crippen MR) is 103 cm³/mol. The summed E-state index contributed by atoms with van der Waals surface area (Å²) in [5.74, 6) is 1.02. The number of benzene rings is 2. The smallest absolute Gasteiger partial charge is 0.273 e. The van der Waals surface area contributed by atoms with Gasteiger partial charge in [0.1, 0.15) is 11.5 Å². The van der Waals surface area contributed by atoms with Crippen molar-refractivity contribution in [2.45, 2.75) is 6.92 Å². The van der Waals surface area contributed by atoms with Crippen molar-refractivity contribution in [3.05, 3.63) is 64.0 Å². The molecule has 2 aromatic heterocycles. The summed E-state index contributed by atoms with van der Waals surface area (Å²) in [6.07, 6.45) is 0. The molecule has 26 heavy (non-hydrogen) atoms. The molecule has 0 aliphatic carbocycles. The summed E-state index contributed by atoms with van der Waals surface area (Å²) >= 11 is 12.3. The number of nitrogens with one attached hydrogen (secondary N) is 3. The summed E-state index contributed by atoms with van der Waals surface area (Å²) in [6.45, 7) is 1.84. The molecule has 4 aromatic rings. The molecule has 4 rings (SSSR count). The first-order valence-corrected chi connectivity index (χ1v) is 8.54. The molecule has 0 bridgehead atoms. The molecular formula is C18H13Cl2N5O. The first kappa shape index (κ1) is 16.6. The van der Waals surface area contributed by atoms with Gasteiger partial charge in [0.15, 0.2) is 5.82 Å². The Kier molecular flexibility index (Phi) is 4.14. The minimum absolute atomic E-state index is 0.289. The average molecular weight is 386 g/mol.